The smallest absolute Gasteiger partial charge is 0.127 e. The third kappa shape index (κ3) is 4.52. The molecule has 0 atom stereocenters. The van der Waals surface area contributed by atoms with Crippen molar-refractivity contribution in [3.05, 3.63) is 0 Å². The Bertz CT molecular complexity index is 314. The van der Waals surface area contributed by atoms with E-state index in [0.717, 1.165) is 51.9 Å². The summed E-state index contributed by atoms with van der Waals surface area (Å²) in [5.41, 5.74) is -0.830. The number of β-amino-alcohol motifs (C(OH)–C–C–N with tert-alkyl or cyclic N) is 1. The van der Waals surface area contributed by atoms with Crippen LogP contribution in [0.15, 0.2) is 0 Å². The Hall–Kier alpha value is -0.490. The van der Waals surface area contributed by atoms with Crippen LogP contribution in [0, 0.1) is 5.41 Å². The number of aliphatic hydroxyl groups is 1. The van der Waals surface area contributed by atoms with E-state index in [0.29, 0.717) is 19.8 Å². The highest BCUT2D eigenvalue weighted by Crippen LogP contribution is 2.29. The topological polar surface area (TPSA) is 53.0 Å². The minimum atomic E-state index is -0.632. The van der Waals surface area contributed by atoms with Gasteiger partial charge in [0.25, 0.3) is 0 Å². The van der Waals surface area contributed by atoms with Gasteiger partial charge in [0.15, 0.2) is 0 Å². The van der Waals surface area contributed by atoms with Gasteiger partial charge in [-0.05, 0) is 26.7 Å². The second-order valence-electron chi connectivity index (χ2n) is 6.96. The number of ether oxygens (including phenoxy) is 1. The van der Waals surface area contributed by atoms with Gasteiger partial charge in [0.05, 0.1) is 5.60 Å². The third-order valence-corrected chi connectivity index (χ3v) is 4.35. The van der Waals surface area contributed by atoms with Gasteiger partial charge in [-0.1, -0.05) is 0 Å². The largest absolute Gasteiger partial charge is 0.389 e. The van der Waals surface area contributed by atoms with Crippen LogP contribution in [0.3, 0.4) is 0 Å². The van der Waals surface area contributed by atoms with Crippen LogP contribution in [0.1, 0.15) is 26.7 Å². The van der Waals surface area contributed by atoms with E-state index in [1.54, 1.807) is 0 Å². The number of hydrogen-bond donors (Lipinski definition) is 1. The second kappa shape index (κ2) is 6.52. The van der Waals surface area contributed by atoms with Crippen LogP contribution in [0.2, 0.25) is 0 Å². The summed E-state index contributed by atoms with van der Waals surface area (Å²) in [5, 5.41) is 9.86. The first-order valence-corrected chi connectivity index (χ1v) is 7.64. The van der Waals surface area contributed by atoms with E-state index in [1.165, 1.54) is 0 Å². The van der Waals surface area contributed by atoms with Gasteiger partial charge < -0.3 is 14.6 Å². The Morgan fingerprint density at radius 2 is 1.70 bits per heavy atom. The summed E-state index contributed by atoms with van der Waals surface area (Å²) in [6.45, 7) is 10.6. The highest BCUT2D eigenvalue weighted by molar-refractivity contribution is 5.60. The van der Waals surface area contributed by atoms with Crippen LogP contribution < -0.4 is 0 Å². The molecule has 2 fully saturated rings. The number of piperazine rings is 1. The van der Waals surface area contributed by atoms with E-state index < -0.39 is 5.60 Å². The van der Waals surface area contributed by atoms with Gasteiger partial charge in [-0.2, -0.15) is 0 Å². The molecule has 2 saturated heterocycles. The first-order valence-electron chi connectivity index (χ1n) is 7.64. The Kier molecular flexibility index (Phi) is 5.18. The van der Waals surface area contributed by atoms with E-state index in [2.05, 4.69) is 9.80 Å². The van der Waals surface area contributed by atoms with Crippen molar-refractivity contribution in [1.82, 2.24) is 9.80 Å². The maximum atomic E-state index is 11.5. The molecule has 0 amide bonds. The summed E-state index contributed by atoms with van der Waals surface area (Å²) in [4.78, 5) is 16.2. The van der Waals surface area contributed by atoms with Gasteiger partial charge in [-0.15, -0.1) is 0 Å². The van der Waals surface area contributed by atoms with Crippen molar-refractivity contribution in [2.45, 2.75) is 32.3 Å². The average Bonchev–Trinajstić information content (AvgIpc) is 2.40. The van der Waals surface area contributed by atoms with Gasteiger partial charge in [0.2, 0.25) is 0 Å². The molecular formula is C15H28N2O3. The van der Waals surface area contributed by atoms with E-state index in [9.17, 15) is 9.90 Å². The summed E-state index contributed by atoms with van der Waals surface area (Å²) in [6, 6.07) is 0. The van der Waals surface area contributed by atoms with Crippen molar-refractivity contribution in [3.8, 4) is 0 Å². The van der Waals surface area contributed by atoms with Crippen molar-refractivity contribution in [1.29, 1.82) is 0 Å². The van der Waals surface area contributed by atoms with E-state index in [1.807, 2.05) is 13.8 Å². The Morgan fingerprint density at radius 1 is 1.15 bits per heavy atom. The number of carbonyl (C=O) groups is 1. The molecule has 0 aliphatic carbocycles. The molecule has 1 N–H and O–H groups in total. The van der Waals surface area contributed by atoms with Crippen molar-refractivity contribution >= 4 is 6.29 Å². The van der Waals surface area contributed by atoms with Gasteiger partial charge in [0, 0.05) is 57.9 Å². The molecule has 116 valence electrons. The van der Waals surface area contributed by atoms with Crippen LogP contribution in [-0.4, -0.2) is 79.3 Å². The van der Waals surface area contributed by atoms with Gasteiger partial charge in [-0.3, -0.25) is 9.80 Å². The molecule has 0 aromatic rings. The molecule has 2 heterocycles. The molecule has 0 spiro atoms. The highest BCUT2D eigenvalue weighted by Gasteiger charge is 2.35. The molecular weight excluding hydrogens is 256 g/mol. The highest BCUT2D eigenvalue weighted by atomic mass is 16.5. The molecule has 0 bridgehead atoms. The zero-order valence-corrected chi connectivity index (χ0v) is 12.8. The molecule has 2 rings (SSSR count). The Balaban J connectivity index is 1.80. The lowest BCUT2D eigenvalue weighted by Crippen LogP contribution is -2.53. The predicted molar refractivity (Wildman–Crippen MR) is 77.7 cm³/mol. The van der Waals surface area contributed by atoms with Gasteiger partial charge >= 0.3 is 0 Å². The molecule has 2 aliphatic rings. The molecule has 0 saturated carbocycles. The van der Waals surface area contributed by atoms with Crippen LogP contribution in [0.25, 0.3) is 0 Å². The molecule has 5 heteroatoms. The van der Waals surface area contributed by atoms with Crippen LogP contribution in [-0.2, 0) is 9.53 Å². The summed E-state index contributed by atoms with van der Waals surface area (Å²) in [7, 11) is 0. The maximum Gasteiger partial charge on any atom is 0.127 e. The summed E-state index contributed by atoms with van der Waals surface area (Å²) in [5.74, 6) is 0. The molecule has 5 nitrogen and oxygen atoms in total. The fourth-order valence-corrected chi connectivity index (χ4v) is 3.19. The first-order chi connectivity index (χ1) is 9.42. The predicted octanol–water partition coefficient (Wildman–Crippen LogP) is 0.371. The zero-order chi connectivity index (χ0) is 14.6. The number of hydrogen-bond acceptors (Lipinski definition) is 5. The minimum absolute atomic E-state index is 0.198. The zero-order valence-electron chi connectivity index (χ0n) is 12.8. The van der Waals surface area contributed by atoms with Crippen molar-refractivity contribution in [2.24, 2.45) is 5.41 Å². The fraction of sp³-hybridized carbons (Fsp3) is 0.933. The number of nitrogens with zero attached hydrogens (tertiary/aromatic N) is 2. The lowest BCUT2D eigenvalue weighted by molar-refractivity contribution is -0.123. The molecule has 2 aliphatic heterocycles. The summed E-state index contributed by atoms with van der Waals surface area (Å²) in [6.07, 6.45) is 2.85. The number of aldehydes is 1. The van der Waals surface area contributed by atoms with Crippen molar-refractivity contribution in [2.75, 3.05) is 52.5 Å². The average molecular weight is 284 g/mol. The normalized spacial score (nSPS) is 25.6. The molecule has 0 aromatic heterocycles. The summed E-state index contributed by atoms with van der Waals surface area (Å²) >= 11 is 0. The monoisotopic (exact) mass is 284 g/mol. The van der Waals surface area contributed by atoms with Gasteiger partial charge in [0.1, 0.15) is 6.29 Å². The number of carbonyl (C=O) groups excluding carboxylic acids is 1. The molecule has 0 unspecified atom stereocenters. The maximum absolute atomic E-state index is 11.5. The van der Waals surface area contributed by atoms with Crippen LogP contribution in [0.5, 0.6) is 0 Å². The Morgan fingerprint density at radius 3 is 2.20 bits per heavy atom. The SMILES string of the molecule is CC(C)(O)CN1CCN(CC2(C=O)CCOCC2)CC1. The van der Waals surface area contributed by atoms with Crippen LogP contribution in [0.4, 0.5) is 0 Å². The first kappa shape index (κ1) is 15.9. The third-order valence-electron chi connectivity index (χ3n) is 4.35. The summed E-state index contributed by atoms with van der Waals surface area (Å²) < 4.78 is 5.37. The molecule has 0 aromatic carbocycles. The lowest BCUT2D eigenvalue weighted by Gasteiger charge is -2.42. The van der Waals surface area contributed by atoms with E-state index >= 15 is 0 Å². The van der Waals surface area contributed by atoms with Crippen molar-refractivity contribution in [3.63, 3.8) is 0 Å². The van der Waals surface area contributed by atoms with Gasteiger partial charge in [-0.25, -0.2) is 0 Å². The van der Waals surface area contributed by atoms with Crippen LogP contribution >= 0.6 is 0 Å². The second-order valence-corrected chi connectivity index (χ2v) is 6.96. The van der Waals surface area contributed by atoms with E-state index in [4.69, 9.17) is 4.74 Å². The lowest BCUT2D eigenvalue weighted by atomic mass is 9.81. The van der Waals surface area contributed by atoms with Crippen molar-refractivity contribution < 1.29 is 14.6 Å². The van der Waals surface area contributed by atoms with E-state index in [-0.39, 0.29) is 5.41 Å². The molecule has 0 radical (unpaired) electrons. The molecule has 20 heavy (non-hydrogen) atoms. The fourth-order valence-electron chi connectivity index (χ4n) is 3.19. The number of rotatable bonds is 5. The standard InChI is InChI=1S/C15H28N2O3/c1-14(2,19)11-16-5-7-17(8-6-16)12-15(13-18)3-9-20-10-4-15/h13,19H,3-12H2,1-2H3. The minimum Gasteiger partial charge on any atom is -0.389 e. The quantitative estimate of drug-likeness (QED) is 0.739. The Labute approximate surface area is 121 Å².